The fourth-order valence-corrected chi connectivity index (χ4v) is 3.38. The lowest BCUT2D eigenvalue weighted by molar-refractivity contribution is 0.200. The van der Waals surface area contributed by atoms with E-state index in [2.05, 4.69) is 6.92 Å². The summed E-state index contributed by atoms with van der Waals surface area (Å²) in [6.45, 7) is 6.12. The third-order valence-corrected chi connectivity index (χ3v) is 4.31. The van der Waals surface area contributed by atoms with Gasteiger partial charge in [0.05, 0.1) is 6.04 Å². The van der Waals surface area contributed by atoms with Gasteiger partial charge in [-0.3, -0.25) is 4.18 Å². The summed E-state index contributed by atoms with van der Waals surface area (Å²) in [5, 5.41) is 0. The highest BCUT2D eigenvalue weighted by Gasteiger charge is 2.40. The van der Waals surface area contributed by atoms with Crippen LogP contribution in [-0.2, 0) is 15.4 Å². The SMILES string of the molecule is CC(C)N1[C@H](C)[C@@H](c2ccccc2)O[S@]1=O. The van der Waals surface area contributed by atoms with Gasteiger partial charge in [0.25, 0.3) is 0 Å². The fraction of sp³-hybridized carbons (Fsp3) is 0.500. The molecule has 0 amide bonds. The molecule has 0 bridgehead atoms. The summed E-state index contributed by atoms with van der Waals surface area (Å²) in [5.74, 6) is 0. The molecule has 1 saturated heterocycles. The van der Waals surface area contributed by atoms with E-state index in [1.165, 1.54) is 0 Å². The van der Waals surface area contributed by atoms with Crippen molar-refractivity contribution in [3.8, 4) is 0 Å². The number of hydrogen-bond donors (Lipinski definition) is 0. The zero-order chi connectivity index (χ0) is 11.7. The molecule has 16 heavy (non-hydrogen) atoms. The lowest BCUT2D eigenvalue weighted by Crippen LogP contribution is -2.35. The largest absolute Gasteiger partial charge is 0.268 e. The number of benzene rings is 1. The van der Waals surface area contributed by atoms with Crippen molar-refractivity contribution in [3.63, 3.8) is 0 Å². The van der Waals surface area contributed by atoms with Gasteiger partial charge in [-0.2, -0.15) is 4.31 Å². The number of nitrogens with zero attached hydrogens (tertiary/aromatic N) is 1. The Hall–Kier alpha value is -0.710. The molecular formula is C12H17NO2S. The molecule has 1 heterocycles. The molecule has 1 aliphatic rings. The number of rotatable bonds is 2. The summed E-state index contributed by atoms with van der Waals surface area (Å²) in [4.78, 5) is 0. The van der Waals surface area contributed by atoms with Crippen LogP contribution in [0, 0.1) is 0 Å². The Bertz CT molecular complexity index is 380. The van der Waals surface area contributed by atoms with Crippen LogP contribution in [0.25, 0.3) is 0 Å². The highest BCUT2D eigenvalue weighted by molar-refractivity contribution is 7.78. The van der Waals surface area contributed by atoms with Gasteiger partial charge < -0.3 is 0 Å². The van der Waals surface area contributed by atoms with Crippen molar-refractivity contribution in [1.29, 1.82) is 0 Å². The molecule has 4 heteroatoms. The Morgan fingerprint density at radius 3 is 2.44 bits per heavy atom. The van der Waals surface area contributed by atoms with Crippen LogP contribution < -0.4 is 0 Å². The molecule has 0 spiro atoms. The molecule has 0 aliphatic carbocycles. The van der Waals surface area contributed by atoms with Crippen molar-refractivity contribution in [2.24, 2.45) is 0 Å². The van der Waals surface area contributed by atoms with Crippen molar-refractivity contribution < 1.29 is 8.39 Å². The van der Waals surface area contributed by atoms with Crippen molar-refractivity contribution in [1.82, 2.24) is 4.31 Å². The molecule has 0 N–H and O–H groups in total. The van der Waals surface area contributed by atoms with E-state index in [4.69, 9.17) is 4.18 Å². The summed E-state index contributed by atoms with van der Waals surface area (Å²) < 4.78 is 19.3. The van der Waals surface area contributed by atoms with Crippen molar-refractivity contribution in [3.05, 3.63) is 35.9 Å². The lowest BCUT2D eigenvalue weighted by Gasteiger charge is -2.22. The molecular weight excluding hydrogens is 222 g/mol. The third kappa shape index (κ3) is 2.05. The molecule has 1 aromatic rings. The molecule has 0 radical (unpaired) electrons. The van der Waals surface area contributed by atoms with Gasteiger partial charge in [-0.05, 0) is 26.3 Å². The van der Waals surface area contributed by atoms with Crippen LogP contribution in [0.1, 0.15) is 32.4 Å². The van der Waals surface area contributed by atoms with E-state index in [9.17, 15) is 4.21 Å². The zero-order valence-electron chi connectivity index (χ0n) is 9.79. The maximum absolute atomic E-state index is 11.8. The molecule has 88 valence electrons. The van der Waals surface area contributed by atoms with Crippen LogP contribution in [0.5, 0.6) is 0 Å². The van der Waals surface area contributed by atoms with Crippen molar-refractivity contribution in [2.45, 2.75) is 39.0 Å². The molecule has 3 atom stereocenters. The first kappa shape index (κ1) is 11.8. The number of hydrogen-bond acceptors (Lipinski definition) is 2. The fourth-order valence-electron chi connectivity index (χ4n) is 2.11. The average Bonchev–Trinajstić information content (AvgIpc) is 2.55. The van der Waals surface area contributed by atoms with Crippen molar-refractivity contribution >= 4 is 11.3 Å². The third-order valence-electron chi connectivity index (χ3n) is 2.83. The Kier molecular flexibility index (Phi) is 3.42. The highest BCUT2D eigenvalue weighted by atomic mass is 32.2. The maximum Gasteiger partial charge on any atom is 0.238 e. The summed E-state index contributed by atoms with van der Waals surface area (Å²) in [7, 11) is 0. The second kappa shape index (κ2) is 4.65. The van der Waals surface area contributed by atoms with E-state index in [-0.39, 0.29) is 18.2 Å². The van der Waals surface area contributed by atoms with Gasteiger partial charge in [0.1, 0.15) is 6.10 Å². The van der Waals surface area contributed by atoms with Gasteiger partial charge in [0, 0.05) is 6.04 Å². The van der Waals surface area contributed by atoms with E-state index in [1.54, 1.807) is 0 Å². The van der Waals surface area contributed by atoms with E-state index in [0.29, 0.717) is 0 Å². The molecule has 1 aliphatic heterocycles. The van der Waals surface area contributed by atoms with Gasteiger partial charge in [-0.15, -0.1) is 0 Å². The van der Waals surface area contributed by atoms with Gasteiger partial charge >= 0.3 is 0 Å². The van der Waals surface area contributed by atoms with Gasteiger partial charge in [-0.25, -0.2) is 4.21 Å². The topological polar surface area (TPSA) is 29.5 Å². The van der Waals surface area contributed by atoms with Crippen LogP contribution in [0.4, 0.5) is 0 Å². The summed E-state index contributed by atoms with van der Waals surface area (Å²) in [5.41, 5.74) is 1.09. The van der Waals surface area contributed by atoms with E-state index >= 15 is 0 Å². The first-order chi connectivity index (χ1) is 7.61. The standard InChI is InChI=1S/C12H17NO2S/c1-9(2)13-10(3)12(15-16(13)14)11-7-5-4-6-8-11/h4-10,12H,1-3H3/t10-,12+,16-/m1/s1. The average molecular weight is 239 g/mol. The Balaban J connectivity index is 2.24. The normalized spacial score (nSPS) is 31.1. The summed E-state index contributed by atoms with van der Waals surface area (Å²) in [6.07, 6.45) is -0.0931. The molecule has 0 saturated carbocycles. The van der Waals surface area contributed by atoms with E-state index in [0.717, 1.165) is 5.56 Å². The molecule has 0 unspecified atom stereocenters. The Labute approximate surface area is 99.2 Å². The van der Waals surface area contributed by atoms with E-state index < -0.39 is 11.3 Å². The monoisotopic (exact) mass is 239 g/mol. The quantitative estimate of drug-likeness (QED) is 0.793. The second-order valence-corrected chi connectivity index (χ2v) is 5.39. The van der Waals surface area contributed by atoms with Gasteiger partial charge in [-0.1, -0.05) is 30.3 Å². The minimum Gasteiger partial charge on any atom is -0.268 e. The van der Waals surface area contributed by atoms with Crippen LogP contribution in [0.2, 0.25) is 0 Å². The molecule has 2 rings (SSSR count). The highest BCUT2D eigenvalue weighted by Crippen LogP contribution is 2.34. The predicted molar refractivity (Wildman–Crippen MR) is 64.8 cm³/mol. The molecule has 1 fully saturated rings. The first-order valence-electron chi connectivity index (χ1n) is 5.53. The van der Waals surface area contributed by atoms with E-state index in [1.807, 2.05) is 48.5 Å². The van der Waals surface area contributed by atoms with Crippen LogP contribution in [-0.4, -0.2) is 20.6 Å². The Morgan fingerprint density at radius 2 is 1.94 bits per heavy atom. The Morgan fingerprint density at radius 1 is 1.31 bits per heavy atom. The minimum absolute atomic E-state index is 0.0931. The summed E-state index contributed by atoms with van der Waals surface area (Å²) >= 11 is -1.32. The van der Waals surface area contributed by atoms with Crippen LogP contribution >= 0.6 is 0 Å². The van der Waals surface area contributed by atoms with Crippen LogP contribution in [0.15, 0.2) is 30.3 Å². The maximum atomic E-state index is 11.8. The van der Waals surface area contributed by atoms with Gasteiger partial charge in [0.15, 0.2) is 0 Å². The van der Waals surface area contributed by atoms with Gasteiger partial charge in [0.2, 0.25) is 11.3 Å². The molecule has 0 aromatic heterocycles. The van der Waals surface area contributed by atoms with Crippen molar-refractivity contribution in [2.75, 3.05) is 0 Å². The lowest BCUT2D eigenvalue weighted by atomic mass is 10.0. The van der Waals surface area contributed by atoms with Crippen LogP contribution in [0.3, 0.4) is 0 Å². The first-order valence-corrected chi connectivity index (χ1v) is 6.56. The smallest absolute Gasteiger partial charge is 0.238 e. The second-order valence-electron chi connectivity index (χ2n) is 4.34. The summed E-state index contributed by atoms with van der Waals surface area (Å²) in [6, 6.07) is 10.3. The minimum atomic E-state index is -1.32. The molecule has 3 nitrogen and oxygen atoms in total. The molecule has 1 aromatic carbocycles. The zero-order valence-corrected chi connectivity index (χ0v) is 10.6. The predicted octanol–water partition coefficient (Wildman–Crippen LogP) is 2.44.